The van der Waals surface area contributed by atoms with E-state index < -0.39 is 0 Å². The van der Waals surface area contributed by atoms with Gasteiger partial charge in [0.15, 0.2) is 0 Å². The third-order valence-corrected chi connectivity index (χ3v) is 4.39. The zero-order valence-electron chi connectivity index (χ0n) is 11.5. The number of nitrogens with zero attached hydrogens (tertiary/aromatic N) is 3. The molecule has 1 aliphatic heterocycles. The fourth-order valence-electron chi connectivity index (χ4n) is 3.34. The monoisotopic (exact) mass is 265 g/mol. The maximum atomic E-state index is 9.33. The molecule has 3 atom stereocenters. The fraction of sp³-hybridized carbons (Fsp3) is 0.786. The van der Waals surface area contributed by atoms with Crippen molar-refractivity contribution in [1.82, 2.24) is 14.7 Å². The smallest absolute Gasteiger partial charge is 0.0764 e. The van der Waals surface area contributed by atoms with Gasteiger partial charge in [0.2, 0.25) is 0 Å². The zero-order chi connectivity index (χ0) is 13.2. The maximum absolute atomic E-state index is 9.33. The number of aliphatic hydroxyl groups is 1. The number of hydrogen-bond donors (Lipinski definition) is 1. The summed E-state index contributed by atoms with van der Waals surface area (Å²) in [7, 11) is 0. The largest absolute Gasteiger partial charge is 0.396 e. The number of ether oxygens (including phenoxy) is 1. The summed E-state index contributed by atoms with van der Waals surface area (Å²) in [5, 5.41) is 13.9. The topological polar surface area (TPSA) is 50.5 Å². The van der Waals surface area contributed by atoms with Crippen molar-refractivity contribution in [2.24, 2.45) is 5.92 Å². The molecule has 1 saturated heterocycles. The van der Waals surface area contributed by atoms with Crippen molar-refractivity contribution in [3.63, 3.8) is 0 Å². The van der Waals surface area contributed by atoms with E-state index in [0.29, 0.717) is 18.1 Å². The van der Waals surface area contributed by atoms with Crippen LogP contribution in [0.2, 0.25) is 0 Å². The highest BCUT2D eigenvalue weighted by Crippen LogP contribution is 2.34. The van der Waals surface area contributed by atoms with Crippen LogP contribution in [0, 0.1) is 5.92 Å². The minimum absolute atomic E-state index is 0.286. The summed E-state index contributed by atoms with van der Waals surface area (Å²) >= 11 is 0. The summed E-state index contributed by atoms with van der Waals surface area (Å²) in [5.41, 5.74) is 1.13. The first-order chi connectivity index (χ1) is 9.30. The van der Waals surface area contributed by atoms with Crippen LogP contribution in [0.3, 0.4) is 0 Å². The standard InChI is InChI=1S/C14H23N3O2/c1-2-17-4-3-12(15-17)9-16-5-6-19-14-8-11(10-18)7-13(14)16/h3-4,11,13-14,18H,2,5-10H2,1H3/t11-,13+,14+/m1/s1. The fourth-order valence-corrected chi connectivity index (χ4v) is 3.34. The van der Waals surface area contributed by atoms with Crippen molar-refractivity contribution in [3.05, 3.63) is 18.0 Å². The molecule has 1 aromatic rings. The second-order valence-corrected chi connectivity index (χ2v) is 5.63. The van der Waals surface area contributed by atoms with Gasteiger partial charge in [-0.25, -0.2) is 0 Å². The molecule has 0 aromatic carbocycles. The predicted octanol–water partition coefficient (Wildman–Crippen LogP) is 0.875. The SMILES string of the molecule is CCn1ccc(CN2CCO[C@H]3C[C@H](CO)C[C@@H]32)n1. The van der Waals surface area contributed by atoms with Crippen LogP contribution < -0.4 is 0 Å². The Hall–Kier alpha value is -0.910. The van der Waals surface area contributed by atoms with Gasteiger partial charge >= 0.3 is 0 Å². The Morgan fingerprint density at radius 3 is 3.11 bits per heavy atom. The van der Waals surface area contributed by atoms with Gasteiger partial charge in [0, 0.05) is 38.5 Å². The molecule has 0 unspecified atom stereocenters. The van der Waals surface area contributed by atoms with E-state index in [1.807, 2.05) is 10.9 Å². The summed E-state index contributed by atoms with van der Waals surface area (Å²) in [6.07, 6.45) is 4.40. The Morgan fingerprint density at radius 1 is 1.47 bits per heavy atom. The first-order valence-electron chi connectivity index (χ1n) is 7.29. The zero-order valence-corrected chi connectivity index (χ0v) is 11.5. The molecule has 0 radical (unpaired) electrons. The van der Waals surface area contributed by atoms with Crippen LogP contribution in [-0.2, 0) is 17.8 Å². The molecular weight excluding hydrogens is 242 g/mol. The Morgan fingerprint density at radius 2 is 2.37 bits per heavy atom. The van der Waals surface area contributed by atoms with E-state index in [-0.39, 0.29) is 6.61 Å². The lowest BCUT2D eigenvalue weighted by molar-refractivity contribution is -0.0594. The Labute approximate surface area is 114 Å². The van der Waals surface area contributed by atoms with Gasteiger partial charge in [-0.05, 0) is 31.7 Å². The lowest BCUT2D eigenvalue weighted by atomic mass is 10.1. The molecule has 2 heterocycles. The number of hydrogen-bond acceptors (Lipinski definition) is 4. The molecule has 106 valence electrons. The highest BCUT2D eigenvalue weighted by atomic mass is 16.5. The number of aromatic nitrogens is 2. The molecule has 2 fully saturated rings. The number of rotatable bonds is 4. The molecule has 1 aliphatic carbocycles. The van der Waals surface area contributed by atoms with E-state index in [0.717, 1.165) is 44.8 Å². The molecule has 0 amide bonds. The second-order valence-electron chi connectivity index (χ2n) is 5.63. The number of aryl methyl sites for hydroxylation is 1. The van der Waals surface area contributed by atoms with E-state index in [1.54, 1.807) is 0 Å². The molecule has 5 nitrogen and oxygen atoms in total. The van der Waals surface area contributed by atoms with Crippen molar-refractivity contribution >= 4 is 0 Å². The number of morpholine rings is 1. The van der Waals surface area contributed by atoms with Crippen LogP contribution in [0.15, 0.2) is 12.3 Å². The summed E-state index contributed by atoms with van der Waals surface area (Å²) in [6.45, 7) is 5.97. The first kappa shape index (κ1) is 13.1. The van der Waals surface area contributed by atoms with Gasteiger partial charge in [0.25, 0.3) is 0 Å². The van der Waals surface area contributed by atoms with E-state index in [1.165, 1.54) is 0 Å². The Kier molecular flexibility index (Phi) is 3.86. The van der Waals surface area contributed by atoms with Gasteiger partial charge in [-0.15, -0.1) is 0 Å². The molecule has 1 aromatic heterocycles. The van der Waals surface area contributed by atoms with Crippen molar-refractivity contribution in [2.45, 2.75) is 45.0 Å². The maximum Gasteiger partial charge on any atom is 0.0764 e. The number of fused-ring (bicyclic) bond motifs is 1. The minimum atomic E-state index is 0.286. The van der Waals surface area contributed by atoms with Crippen molar-refractivity contribution in [3.8, 4) is 0 Å². The van der Waals surface area contributed by atoms with Gasteiger partial charge in [0.05, 0.1) is 18.4 Å². The molecule has 19 heavy (non-hydrogen) atoms. The lowest BCUT2D eigenvalue weighted by Crippen LogP contribution is -2.47. The number of aliphatic hydroxyl groups excluding tert-OH is 1. The third-order valence-electron chi connectivity index (χ3n) is 4.39. The van der Waals surface area contributed by atoms with E-state index >= 15 is 0 Å². The van der Waals surface area contributed by atoms with Crippen LogP contribution in [-0.4, -0.2) is 51.7 Å². The van der Waals surface area contributed by atoms with Crippen LogP contribution in [0.1, 0.15) is 25.5 Å². The molecule has 0 spiro atoms. The van der Waals surface area contributed by atoms with Gasteiger partial charge in [-0.2, -0.15) is 5.10 Å². The van der Waals surface area contributed by atoms with Crippen LogP contribution in [0.5, 0.6) is 0 Å². The Balaban J connectivity index is 1.66. The van der Waals surface area contributed by atoms with Gasteiger partial charge < -0.3 is 9.84 Å². The van der Waals surface area contributed by atoms with E-state index in [2.05, 4.69) is 23.0 Å². The summed E-state index contributed by atoms with van der Waals surface area (Å²) in [4.78, 5) is 2.48. The van der Waals surface area contributed by atoms with Crippen molar-refractivity contribution < 1.29 is 9.84 Å². The third kappa shape index (κ3) is 2.68. The van der Waals surface area contributed by atoms with E-state index in [9.17, 15) is 5.11 Å². The van der Waals surface area contributed by atoms with Gasteiger partial charge in [-0.3, -0.25) is 9.58 Å². The van der Waals surface area contributed by atoms with Crippen LogP contribution >= 0.6 is 0 Å². The summed E-state index contributed by atoms with van der Waals surface area (Å²) in [6, 6.07) is 2.56. The van der Waals surface area contributed by atoms with Crippen LogP contribution in [0.4, 0.5) is 0 Å². The molecule has 1 N–H and O–H groups in total. The Bertz CT molecular complexity index is 421. The quantitative estimate of drug-likeness (QED) is 0.878. The van der Waals surface area contributed by atoms with Gasteiger partial charge in [0.1, 0.15) is 0 Å². The molecule has 3 rings (SSSR count). The van der Waals surface area contributed by atoms with Gasteiger partial charge in [-0.1, -0.05) is 0 Å². The highest BCUT2D eigenvalue weighted by Gasteiger charge is 2.40. The molecule has 0 bridgehead atoms. The lowest BCUT2D eigenvalue weighted by Gasteiger charge is -2.37. The van der Waals surface area contributed by atoms with Crippen molar-refractivity contribution in [2.75, 3.05) is 19.8 Å². The summed E-state index contributed by atoms with van der Waals surface area (Å²) in [5.74, 6) is 0.406. The molecule has 5 heteroatoms. The average Bonchev–Trinajstić information content (AvgIpc) is 3.05. The highest BCUT2D eigenvalue weighted by molar-refractivity contribution is 5.02. The summed E-state index contributed by atoms with van der Waals surface area (Å²) < 4.78 is 7.82. The van der Waals surface area contributed by atoms with Crippen molar-refractivity contribution in [1.29, 1.82) is 0 Å². The molecule has 2 aliphatic rings. The van der Waals surface area contributed by atoms with Crippen LogP contribution in [0.25, 0.3) is 0 Å². The predicted molar refractivity (Wildman–Crippen MR) is 71.6 cm³/mol. The normalized spacial score (nSPS) is 31.6. The second kappa shape index (κ2) is 5.61. The molecular formula is C14H23N3O2. The first-order valence-corrected chi connectivity index (χ1v) is 7.29. The minimum Gasteiger partial charge on any atom is -0.396 e. The molecule has 1 saturated carbocycles. The van der Waals surface area contributed by atoms with E-state index in [4.69, 9.17) is 4.74 Å². The average molecular weight is 265 g/mol.